The highest BCUT2D eigenvalue weighted by molar-refractivity contribution is 5.59. The first-order valence-electron chi connectivity index (χ1n) is 9.92. The molecule has 0 bridgehead atoms. The number of anilines is 1. The van der Waals surface area contributed by atoms with Crippen LogP contribution in [0.4, 0.5) is 5.69 Å². The largest absolute Gasteiger partial charge is 0.465 e. The van der Waals surface area contributed by atoms with E-state index in [4.69, 9.17) is 14.3 Å². The lowest BCUT2D eigenvalue weighted by molar-refractivity contribution is -0.0980. The predicted molar refractivity (Wildman–Crippen MR) is 114 cm³/mol. The third-order valence-corrected chi connectivity index (χ3v) is 4.19. The van der Waals surface area contributed by atoms with Crippen LogP contribution in [0.25, 0.3) is 0 Å². The molecule has 1 saturated heterocycles. The molecule has 0 saturated carbocycles. The van der Waals surface area contributed by atoms with Crippen molar-refractivity contribution in [2.45, 2.75) is 79.4 Å². The highest BCUT2D eigenvalue weighted by Gasteiger charge is 2.52. The Kier molecular flexibility index (Phi) is 12.0. The zero-order valence-corrected chi connectivity index (χ0v) is 18.4. The monoisotopic (exact) mass is 380 g/mol. The van der Waals surface area contributed by atoms with Gasteiger partial charge in [-0.05, 0) is 37.8 Å². The summed E-state index contributed by atoms with van der Waals surface area (Å²) in [5, 5.41) is 7.19. The van der Waals surface area contributed by atoms with Crippen LogP contribution in [-0.2, 0) is 9.53 Å². The smallest absolute Gasteiger partial charge is 0.189 e. The summed E-state index contributed by atoms with van der Waals surface area (Å²) in [6.45, 7) is 18.3. The Morgan fingerprint density at radius 1 is 1.15 bits per heavy atom. The van der Waals surface area contributed by atoms with Crippen molar-refractivity contribution in [1.29, 1.82) is 0 Å². The van der Waals surface area contributed by atoms with Crippen molar-refractivity contribution in [2.75, 3.05) is 18.7 Å². The Balaban J connectivity index is 0.000000998. The lowest BCUT2D eigenvalue weighted by atomic mass is 9.86. The highest BCUT2D eigenvalue weighted by Crippen LogP contribution is 2.40. The van der Waals surface area contributed by atoms with E-state index in [9.17, 15) is 0 Å². The van der Waals surface area contributed by atoms with Gasteiger partial charge in [0, 0.05) is 12.6 Å². The van der Waals surface area contributed by atoms with E-state index in [0.29, 0.717) is 12.6 Å². The number of rotatable bonds is 8. The summed E-state index contributed by atoms with van der Waals surface area (Å²) < 4.78 is 11.0. The van der Waals surface area contributed by atoms with Crippen LogP contribution in [-0.4, -0.2) is 31.9 Å². The zero-order chi connectivity index (χ0) is 20.9. The Morgan fingerprint density at radius 2 is 1.70 bits per heavy atom. The van der Waals surface area contributed by atoms with Crippen LogP contribution >= 0.6 is 0 Å². The van der Waals surface area contributed by atoms with Gasteiger partial charge in [0.25, 0.3) is 0 Å². The molecule has 1 aromatic rings. The van der Waals surface area contributed by atoms with E-state index in [1.807, 2.05) is 31.9 Å². The average molecular weight is 381 g/mol. The van der Waals surface area contributed by atoms with E-state index in [-0.39, 0.29) is 17.9 Å². The number of hydrogen-bond acceptors (Lipinski definition) is 5. The van der Waals surface area contributed by atoms with Crippen molar-refractivity contribution in [3.8, 4) is 5.75 Å². The van der Waals surface area contributed by atoms with Gasteiger partial charge in [0.15, 0.2) is 6.79 Å². The number of para-hydroxylation sites is 2. The van der Waals surface area contributed by atoms with Crippen LogP contribution in [0.3, 0.4) is 0 Å². The van der Waals surface area contributed by atoms with Gasteiger partial charge in [0.05, 0.1) is 5.69 Å². The molecule has 1 aliphatic heterocycles. The second-order valence-electron chi connectivity index (χ2n) is 7.95. The Labute approximate surface area is 166 Å². The summed E-state index contributed by atoms with van der Waals surface area (Å²) in [7, 11) is 0. The maximum atomic E-state index is 8.00. The number of carbonyl (C=O) groups excluding carboxylic acids is 1. The maximum Gasteiger partial charge on any atom is 0.189 e. The maximum absolute atomic E-state index is 8.00. The molecule has 5 heteroatoms. The molecule has 1 fully saturated rings. The lowest BCUT2D eigenvalue weighted by Crippen LogP contribution is -2.33. The summed E-state index contributed by atoms with van der Waals surface area (Å²) in [6.07, 6.45) is 3.70. The molecule has 2 unspecified atom stereocenters. The van der Waals surface area contributed by atoms with E-state index < -0.39 is 0 Å². The van der Waals surface area contributed by atoms with E-state index in [2.05, 4.69) is 58.2 Å². The van der Waals surface area contributed by atoms with Crippen LogP contribution < -0.4 is 15.4 Å². The van der Waals surface area contributed by atoms with Crippen LogP contribution in [0.1, 0.15) is 67.7 Å². The average Bonchev–Trinajstić information content (AvgIpc) is 3.24. The van der Waals surface area contributed by atoms with E-state index in [0.717, 1.165) is 17.9 Å². The van der Waals surface area contributed by atoms with Crippen LogP contribution in [0, 0.1) is 5.41 Å². The van der Waals surface area contributed by atoms with Crippen LogP contribution in [0.2, 0.25) is 0 Å². The lowest BCUT2D eigenvalue weighted by Gasteiger charge is -2.27. The van der Waals surface area contributed by atoms with E-state index >= 15 is 0 Å². The first kappa shape index (κ1) is 25.4. The van der Waals surface area contributed by atoms with E-state index in [1.54, 1.807) is 0 Å². The van der Waals surface area contributed by atoms with Gasteiger partial charge in [-0.2, -0.15) is 0 Å². The molecule has 156 valence electrons. The standard InChI is InChI=1S/C17H28N2O2.C4H10.CH2O/c1-6-20-12-21-15-10-8-7-9-14(15)19-17(13(2)18-17)11-16(3,4)5;1-3-4-2;1-2/h7-10,13,18-19H,6,11-12H2,1-5H3;3-4H2,1-2H3;1H2. The van der Waals surface area contributed by atoms with Crippen molar-refractivity contribution in [1.82, 2.24) is 5.32 Å². The molecule has 0 amide bonds. The van der Waals surface area contributed by atoms with Crippen LogP contribution in [0.15, 0.2) is 24.3 Å². The normalized spacial score (nSPS) is 20.5. The number of ether oxygens (including phenoxy) is 2. The van der Waals surface area contributed by atoms with Crippen molar-refractivity contribution < 1.29 is 14.3 Å². The Bertz CT molecular complexity index is 515. The molecule has 0 aliphatic carbocycles. The van der Waals surface area contributed by atoms with Crippen molar-refractivity contribution >= 4 is 12.5 Å². The van der Waals surface area contributed by atoms with Crippen molar-refractivity contribution in [3.63, 3.8) is 0 Å². The van der Waals surface area contributed by atoms with Gasteiger partial charge in [-0.3, -0.25) is 5.32 Å². The fourth-order valence-electron chi connectivity index (χ4n) is 2.70. The molecule has 1 aromatic carbocycles. The summed E-state index contributed by atoms with van der Waals surface area (Å²) in [4.78, 5) is 8.00. The first-order valence-corrected chi connectivity index (χ1v) is 9.92. The van der Waals surface area contributed by atoms with Crippen molar-refractivity contribution in [2.24, 2.45) is 5.41 Å². The minimum Gasteiger partial charge on any atom is -0.465 e. The summed E-state index contributed by atoms with van der Waals surface area (Å²) in [5.41, 5.74) is 1.23. The molecule has 0 radical (unpaired) electrons. The second-order valence-corrected chi connectivity index (χ2v) is 7.95. The van der Waals surface area contributed by atoms with Gasteiger partial charge < -0.3 is 19.6 Å². The molecule has 0 aromatic heterocycles. The molecule has 1 aliphatic rings. The molecule has 27 heavy (non-hydrogen) atoms. The first-order chi connectivity index (χ1) is 12.8. The fourth-order valence-corrected chi connectivity index (χ4v) is 2.70. The van der Waals surface area contributed by atoms with Gasteiger partial charge in [-0.15, -0.1) is 0 Å². The molecular weight excluding hydrogens is 340 g/mol. The summed E-state index contributed by atoms with van der Waals surface area (Å²) in [5.74, 6) is 0.833. The third kappa shape index (κ3) is 9.78. The number of carbonyl (C=O) groups is 1. The molecule has 5 nitrogen and oxygen atoms in total. The minimum atomic E-state index is -0.0384. The minimum absolute atomic E-state index is 0.0384. The third-order valence-electron chi connectivity index (χ3n) is 4.19. The molecule has 0 spiro atoms. The quantitative estimate of drug-likeness (QED) is 0.368. The second kappa shape index (κ2) is 12.7. The SMILES string of the molecule is C=O.CCCC.CCOCOc1ccccc1NC1(CC(C)(C)C)NC1C. The van der Waals surface area contributed by atoms with E-state index in [1.165, 1.54) is 12.8 Å². The molecular formula is C22H40N2O3. The molecule has 2 rings (SSSR count). The van der Waals surface area contributed by atoms with Gasteiger partial charge >= 0.3 is 0 Å². The number of hydrogen-bond donors (Lipinski definition) is 2. The van der Waals surface area contributed by atoms with Gasteiger partial charge in [-0.25, -0.2) is 0 Å². The summed E-state index contributed by atoms with van der Waals surface area (Å²) in [6, 6.07) is 8.48. The zero-order valence-electron chi connectivity index (χ0n) is 18.4. The predicted octanol–water partition coefficient (Wildman–Crippen LogP) is 5.22. The fraction of sp³-hybridized carbons (Fsp3) is 0.682. The van der Waals surface area contributed by atoms with Gasteiger partial charge in [-0.1, -0.05) is 59.6 Å². The summed E-state index contributed by atoms with van der Waals surface area (Å²) >= 11 is 0. The molecule has 2 N–H and O–H groups in total. The highest BCUT2D eigenvalue weighted by atomic mass is 16.7. The number of nitrogens with one attached hydrogen (secondary N) is 2. The van der Waals surface area contributed by atoms with Gasteiger partial charge in [0.1, 0.15) is 18.2 Å². The Morgan fingerprint density at radius 3 is 2.15 bits per heavy atom. The van der Waals surface area contributed by atoms with Crippen LogP contribution in [0.5, 0.6) is 5.75 Å². The Hall–Kier alpha value is -1.59. The number of benzene rings is 1. The topological polar surface area (TPSA) is 69.5 Å². The van der Waals surface area contributed by atoms with Crippen molar-refractivity contribution in [3.05, 3.63) is 24.3 Å². The molecule has 1 heterocycles. The number of unbranched alkanes of at least 4 members (excludes halogenated alkanes) is 1. The molecule has 2 atom stereocenters. The van der Waals surface area contributed by atoms with Gasteiger partial charge in [0.2, 0.25) is 0 Å².